The molecule has 0 fully saturated rings. The second-order valence-corrected chi connectivity index (χ2v) is 7.62. The third-order valence-electron chi connectivity index (χ3n) is 3.86. The number of thiophene rings is 1. The van der Waals surface area contributed by atoms with Crippen LogP contribution in [-0.4, -0.2) is 29.3 Å². The summed E-state index contributed by atoms with van der Waals surface area (Å²) in [5.41, 5.74) is 7.27. The van der Waals surface area contributed by atoms with E-state index in [1.54, 1.807) is 6.07 Å². The maximum Gasteiger partial charge on any atom is 0.322 e. The number of carbonyl (C=O) groups is 1. The van der Waals surface area contributed by atoms with Crippen molar-refractivity contribution in [2.75, 3.05) is 18.1 Å². The fraction of sp³-hybridized carbons (Fsp3) is 0.188. The van der Waals surface area contributed by atoms with Gasteiger partial charge in [-0.2, -0.15) is 5.10 Å². The molecule has 0 radical (unpaired) electrons. The van der Waals surface area contributed by atoms with E-state index in [1.807, 2.05) is 24.3 Å². The number of rotatable bonds is 4. The second kappa shape index (κ2) is 6.34. The molecule has 3 aromatic rings. The Kier molecular flexibility index (Phi) is 4.02. The molecule has 2 aromatic heterocycles. The van der Waals surface area contributed by atoms with Gasteiger partial charge in [0.15, 0.2) is 0 Å². The lowest BCUT2D eigenvalue weighted by molar-refractivity contribution is 0.100. The van der Waals surface area contributed by atoms with Gasteiger partial charge in [0.2, 0.25) is 0 Å². The van der Waals surface area contributed by atoms with Crippen molar-refractivity contribution in [2.24, 2.45) is 5.73 Å². The molecule has 4 rings (SSSR count). The number of hydrogen-bond acceptors (Lipinski definition) is 7. The molecule has 0 atom stereocenters. The van der Waals surface area contributed by atoms with E-state index in [9.17, 15) is 9.59 Å². The zero-order valence-corrected chi connectivity index (χ0v) is 14.7. The number of fused-ring (bicyclic) bond motifs is 1. The van der Waals surface area contributed by atoms with E-state index >= 15 is 0 Å². The van der Waals surface area contributed by atoms with Crippen LogP contribution < -0.4 is 20.2 Å². The standard InChI is InChI=1S/C16H14N4O3S2/c17-15(21)13-4-3-12(24-13)9-1-2-11-10(7-9)20(5-6-23-11)8-14-18-19-16(22)25-14/h1-4,7H,5-6,8H2,(H2,17,21)(H,19,22). The van der Waals surface area contributed by atoms with E-state index in [-0.39, 0.29) is 4.87 Å². The largest absolute Gasteiger partial charge is 0.490 e. The number of nitrogens with zero attached hydrogens (tertiary/aromatic N) is 2. The van der Waals surface area contributed by atoms with Crippen LogP contribution in [0.3, 0.4) is 0 Å². The van der Waals surface area contributed by atoms with Crippen LogP contribution in [0.2, 0.25) is 0 Å². The SMILES string of the molecule is NC(=O)c1ccc(-c2ccc3c(c2)N(Cc2n[nH]c(=O)s2)CCO3)s1. The predicted molar refractivity (Wildman–Crippen MR) is 97.6 cm³/mol. The van der Waals surface area contributed by atoms with Crippen LogP contribution in [0.25, 0.3) is 10.4 Å². The van der Waals surface area contributed by atoms with Crippen molar-refractivity contribution in [3.05, 3.63) is 49.9 Å². The molecule has 1 aliphatic heterocycles. The third-order valence-corrected chi connectivity index (χ3v) is 5.74. The highest BCUT2D eigenvalue weighted by atomic mass is 32.1. The molecule has 1 aliphatic rings. The molecule has 0 aliphatic carbocycles. The molecule has 0 saturated carbocycles. The summed E-state index contributed by atoms with van der Waals surface area (Å²) in [6.45, 7) is 1.83. The third kappa shape index (κ3) is 3.15. The monoisotopic (exact) mass is 374 g/mol. The van der Waals surface area contributed by atoms with Gasteiger partial charge in [-0.1, -0.05) is 11.3 Å². The van der Waals surface area contributed by atoms with Gasteiger partial charge in [-0.05, 0) is 35.9 Å². The summed E-state index contributed by atoms with van der Waals surface area (Å²) in [6, 6.07) is 9.54. The van der Waals surface area contributed by atoms with Crippen LogP contribution >= 0.6 is 22.7 Å². The molecule has 0 saturated heterocycles. The minimum atomic E-state index is -0.424. The Balaban J connectivity index is 1.67. The lowest BCUT2D eigenvalue weighted by Crippen LogP contribution is -2.32. The van der Waals surface area contributed by atoms with Crippen molar-refractivity contribution < 1.29 is 9.53 Å². The first-order valence-corrected chi connectivity index (χ1v) is 9.19. The molecular weight excluding hydrogens is 360 g/mol. The van der Waals surface area contributed by atoms with Crippen molar-refractivity contribution in [2.45, 2.75) is 6.54 Å². The normalized spacial score (nSPS) is 13.4. The molecule has 9 heteroatoms. The fourth-order valence-corrected chi connectivity index (χ4v) is 4.18. The number of primary amides is 1. The summed E-state index contributed by atoms with van der Waals surface area (Å²) >= 11 is 2.47. The van der Waals surface area contributed by atoms with Gasteiger partial charge in [0.25, 0.3) is 5.91 Å². The van der Waals surface area contributed by atoms with Gasteiger partial charge in [-0.25, -0.2) is 5.10 Å². The number of nitrogens with two attached hydrogens (primary N) is 1. The van der Waals surface area contributed by atoms with Gasteiger partial charge in [-0.15, -0.1) is 11.3 Å². The number of aromatic nitrogens is 2. The number of H-pyrrole nitrogens is 1. The summed E-state index contributed by atoms with van der Waals surface area (Å²) in [4.78, 5) is 26.1. The van der Waals surface area contributed by atoms with Gasteiger partial charge in [0.05, 0.1) is 23.7 Å². The molecule has 7 nitrogen and oxygen atoms in total. The van der Waals surface area contributed by atoms with Crippen molar-refractivity contribution in [1.29, 1.82) is 0 Å². The Morgan fingerprint density at radius 3 is 2.92 bits per heavy atom. The highest BCUT2D eigenvalue weighted by Gasteiger charge is 2.20. The number of carbonyl (C=O) groups excluding carboxylic acids is 1. The first-order valence-electron chi connectivity index (χ1n) is 7.56. The van der Waals surface area contributed by atoms with Gasteiger partial charge in [0.1, 0.15) is 17.4 Å². The molecule has 0 bridgehead atoms. The molecule has 25 heavy (non-hydrogen) atoms. The van der Waals surface area contributed by atoms with E-state index in [2.05, 4.69) is 15.1 Å². The summed E-state index contributed by atoms with van der Waals surface area (Å²) in [5, 5.41) is 7.21. The van der Waals surface area contributed by atoms with E-state index in [4.69, 9.17) is 10.5 Å². The number of aromatic amines is 1. The van der Waals surface area contributed by atoms with E-state index in [0.29, 0.717) is 24.6 Å². The van der Waals surface area contributed by atoms with Gasteiger partial charge in [-0.3, -0.25) is 9.59 Å². The van der Waals surface area contributed by atoms with Crippen molar-refractivity contribution >= 4 is 34.3 Å². The Hall–Kier alpha value is -2.65. The van der Waals surface area contributed by atoms with Crippen LogP contribution in [0.4, 0.5) is 5.69 Å². The fourth-order valence-electron chi connectivity index (χ4n) is 2.71. The quantitative estimate of drug-likeness (QED) is 0.728. The molecule has 0 spiro atoms. The van der Waals surface area contributed by atoms with Crippen molar-refractivity contribution in [3.8, 4) is 16.2 Å². The first kappa shape index (κ1) is 15.9. The van der Waals surface area contributed by atoms with Gasteiger partial charge >= 0.3 is 4.87 Å². The van der Waals surface area contributed by atoms with Crippen LogP contribution in [0.5, 0.6) is 5.75 Å². The zero-order valence-electron chi connectivity index (χ0n) is 13.0. The van der Waals surface area contributed by atoms with Crippen molar-refractivity contribution in [1.82, 2.24) is 10.2 Å². The summed E-state index contributed by atoms with van der Waals surface area (Å²) < 4.78 is 5.73. The smallest absolute Gasteiger partial charge is 0.322 e. The number of nitrogens with one attached hydrogen (secondary N) is 1. The predicted octanol–water partition coefficient (Wildman–Crippen LogP) is 2.06. The van der Waals surface area contributed by atoms with E-state index in [1.165, 1.54) is 11.3 Å². The van der Waals surface area contributed by atoms with Crippen LogP contribution in [0, 0.1) is 0 Å². The Labute approximate surface area is 150 Å². The summed E-state index contributed by atoms with van der Waals surface area (Å²) in [5.74, 6) is 0.372. The Bertz CT molecular complexity index is 991. The maximum absolute atomic E-state index is 11.3. The highest BCUT2D eigenvalue weighted by Crippen LogP contribution is 2.38. The number of anilines is 1. The van der Waals surface area contributed by atoms with Gasteiger partial charge < -0.3 is 15.4 Å². The topological polar surface area (TPSA) is 101 Å². The number of amides is 1. The lowest BCUT2D eigenvalue weighted by Gasteiger charge is -2.30. The maximum atomic E-state index is 11.3. The molecule has 3 N–H and O–H groups in total. The van der Waals surface area contributed by atoms with Gasteiger partial charge in [0, 0.05) is 4.88 Å². The highest BCUT2D eigenvalue weighted by molar-refractivity contribution is 7.17. The van der Waals surface area contributed by atoms with Crippen molar-refractivity contribution in [3.63, 3.8) is 0 Å². The average Bonchev–Trinajstić information content (AvgIpc) is 3.24. The second-order valence-electron chi connectivity index (χ2n) is 5.49. The Morgan fingerprint density at radius 2 is 2.20 bits per heavy atom. The molecule has 0 unspecified atom stereocenters. The molecule has 3 heterocycles. The number of benzene rings is 1. The molecule has 1 aromatic carbocycles. The summed E-state index contributed by atoms with van der Waals surface area (Å²) in [6.07, 6.45) is 0. The Morgan fingerprint density at radius 1 is 1.32 bits per heavy atom. The van der Waals surface area contributed by atoms with Crippen LogP contribution in [-0.2, 0) is 6.54 Å². The molecule has 128 valence electrons. The molecular formula is C16H14N4O3S2. The average molecular weight is 374 g/mol. The minimum absolute atomic E-state index is 0.158. The minimum Gasteiger partial charge on any atom is -0.490 e. The lowest BCUT2D eigenvalue weighted by atomic mass is 10.1. The number of hydrogen-bond donors (Lipinski definition) is 2. The molecule has 1 amide bonds. The number of ether oxygens (including phenoxy) is 1. The summed E-state index contributed by atoms with van der Waals surface area (Å²) in [7, 11) is 0. The zero-order chi connectivity index (χ0) is 17.4. The van der Waals surface area contributed by atoms with Crippen LogP contribution in [0.1, 0.15) is 14.7 Å². The van der Waals surface area contributed by atoms with E-state index < -0.39 is 5.91 Å². The van der Waals surface area contributed by atoms with E-state index in [0.717, 1.165) is 38.2 Å². The van der Waals surface area contributed by atoms with Crippen LogP contribution in [0.15, 0.2) is 35.1 Å². The first-order chi connectivity index (χ1) is 12.1.